The third-order valence-corrected chi connectivity index (χ3v) is 5.30. The van der Waals surface area contributed by atoms with E-state index >= 15 is 0 Å². The van der Waals surface area contributed by atoms with E-state index in [-0.39, 0.29) is 0 Å². The van der Waals surface area contributed by atoms with Crippen molar-refractivity contribution in [1.82, 2.24) is 9.97 Å². The molecule has 0 aliphatic rings. The van der Waals surface area contributed by atoms with Gasteiger partial charge in [0.25, 0.3) is 0 Å². The lowest BCUT2D eigenvalue weighted by molar-refractivity contribution is 1.16. The van der Waals surface area contributed by atoms with Gasteiger partial charge in [0.1, 0.15) is 5.82 Å². The molecule has 0 spiro atoms. The van der Waals surface area contributed by atoms with Gasteiger partial charge in [0.05, 0.1) is 18.8 Å². The summed E-state index contributed by atoms with van der Waals surface area (Å²) in [4.78, 5) is 10.3. The average Bonchev–Trinajstić information content (AvgIpc) is 2.95. The highest BCUT2D eigenvalue weighted by Crippen LogP contribution is 2.36. The summed E-state index contributed by atoms with van der Waals surface area (Å²) in [5.74, 6) is 1.50. The van der Waals surface area contributed by atoms with E-state index in [1.807, 2.05) is 49.5 Å². The molecule has 106 valence electrons. The van der Waals surface area contributed by atoms with Crippen LogP contribution in [0.3, 0.4) is 0 Å². The van der Waals surface area contributed by atoms with E-state index in [1.54, 1.807) is 11.3 Å². The summed E-state index contributed by atoms with van der Waals surface area (Å²) in [6.45, 7) is 0. The molecule has 0 atom stereocenters. The first-order valence-electron chi connectivity index (χ1n) is 6.25. The van der Waals surface area contributed by atoms with Crippen LogP contribution in [0.15, 0.2) is 50.7 Å². The first-order valence-corrected chi connectivity index (χ1v) is 8.65. The molecule has 0 bridgehead atoms. The smallest absolute Gasteiger partial charge is 0.172 e. The first-order chi connectivity index (χ1) is 10.2. The second-order valence-electron chi connectivity index (χ2n) is 4.28. The molecular weight excluding hydrogens is 414 g/mol. The van der Waals surface area contributed by atoms with Crippen LogP contribution in [0.1, 0.15) is 0 Å². The maximum Gasteiger partial charge on any atom is 0.172 e. The van der Waals surface area contributed by atoms with Gasteiger partial charge in [-0.1, -0.05) is 30.3 Å². The summed E-state index contributed by atoms with van der Waals surface area (Å²) in [7, 11) is 1.86. The van der Waals surface area contributed by atoms with Gasteiger partial charge >= 0.3 is 0 Å². The summed E-state index contributed by atoms with van der Waals surface area (Å²) >= 11 is 8.70. The van der Waals surface area contributed by atoms with E-state index in [0.717, 1.165) is 36.0 Å². The van der Waals surface area contributed by atoms with Gasteiger partial charge in [-0.2, -0.15) is 0 Å². The van der Waals surface area contributed by atoms with Crippen molar-refractivity contribution in [1.29, 1.82) is 0 Å². The number of aromatic nitrogens is 2. The second kappa shape index (κ2) is 6.25. The number of rotatable bonds is 3. The van der Waals surface area contributed by atoms with Gasteiger partial charge in [-0.05, 0) is 44.0 Å². The van der Waals surface area contributed by atoms with Crippen LogP contribution in [0.5, 0.6) is 0 Å². The molecule has 1 N–H and O–H groups in total. The van der Waals surface area contributed by atoms with Crippen LogP contribution >= 0.6 is 43.2 Å². The van der Waals surface area contributed by atoms with Crippen molar-refractivity contribution in [2.45, 2.75) is 0 Å². The Hall–Kier alpha value is -1.24. The molecule has 0 aliphatic carbocycles. The molecule has 6 heteroatoms. The largest absolute Gasteiger partial charge is 0.372 e. The summed E-state index contributed by atoms with van der Waals surface area (Å²) in [5, 5.41) is 3.12. The van der Waals surface area contributed by atoms with Gasteiger partial charge in [0.15, 0.2) is 5.82 Å². The maximum absolute atomic E-state index is 4.73. The van der Waals surface area contributed by atoms with Crippen molar-refractivity contribution in [3.63, 3.8) is 0 Å². The predicted molar refractivity (Wildman–Crippen MR) is 95.7 cm³/mol. The van der Waals surface area contributed by atoms with Crippen molar-refractivity contribution in [2.75, 3.05) is 12.4 Å². The monoisotopic (exact) mass is 423 g/mol. The van der Waals surface area contributed by atoms with E-state index < -0.39 is 0 Å². The zero-order chi connectivity index (χ0) is 14.8. The number of nitrogens with one attached hydrogen (secondary N) is 1. The van der Waals surface area contributed by atoms with Gasteiger partial charge < -0.3 is 5.32 Å². The van der Waals surface area contributed by atoms with Crippen LogP contribution in [0.4, 0.5) is 5.82 Å². The van der Waals surface area contributed by atoms with E-state index in [0.29, 0.717) is 0 Å². The highest BCUT2D eigenvalue weighted by atomic mass is 79.9. The van der Waals surface area contributed by atoms with Crippen LogP contribution in [0.2, 0.25) is 0 Å². The third-order valence-electron chi connectivity index (χ3n) is 2.93. The lowest BCUT2D eigenvalue weighted by Gasteiger charge is -2.10. The van der Waals surface area contributed by atoms with Crippen molar-refractivity contribution in [3.05, 3.63) is 50.7 Å². The second-order valence-corrected chi connectivity index (χ2v) is 7.53. The molecule has 0 fully saturated rings. The third kappa shape index (κ3) is 3.02. The minimum Gasteiger partial charge on any atom is -0.372 e. The topological polar surface area (TPSA) is 37.8 Å². The van der Waals surface area contributed by atoms with Crippen LogP contribution in [0, 0.1) is 0 Å². The molecule has 0 saturated carbocycles. The molecule has 3 aromatic rings. The lowest BCUT2D eigenvalue weighted by atomic mass is 10.1. The van der Waals surface area contributed by atoms with E-state index in [4.69, 9.17) is 4.98 Å². The van der Waals surface area contributed by atoms with Crippen LogP contribution in [0.25, 0.3) is 22.0 Å². The fourth-order valence-corrected chi connectivity index (χ4v) is 3.87. The minimum absolute atomic E-state index is 0.720. The zero-order valence-electron chi connectivity index (χ0n) is 11.1. The normalized spacial score (nSPS) is 10.6. The molecule has 0 radical (unpaired) electrons. The summed E-state index contributed by atoms with van der Waals surface area (Å²) in [5.41, 5.74) is 1.94. The summed E-state index contributed by atoms with van der Waals surface area (Å²) < 4.78 is 1.94. The van der Waals surface area contributed by atoms with Gasteiger partial charge in [0.2, 0.25) is 0 Å². The first kappa shape index (κ1) is 14.7. The Morgan fingerprint density at radius 3 is 2.38 bits per heavy atom. The van der Waals surface area contributed by atoms with Crippen LogP contribution in [-0.4, -0.2) is 17.0 Å². The Bertz CT molecular complexity index is 772. The number of hydrogen-bond acceptors (Lipinski definition) is 4. The van der Waals surface area contributed by atoms with Gasteiger partial charge in [0, 0.05) is 12.6 Å². The molecule has 21 heavy (non-hydrogen) atoms. The van der Waals surface area contributed by atoms with Crippen molar-refractivity contribution >= 4 is 49.0 Å². The molecule has 1 aromatic carbocycles. The van der Waals surface area contributed by atoms with Gasteiger partial charge in [-0.25, -0.2) is 9.97 Å². The van der Waals surface area contributed by atoms with Crippen molar-refractivity contribution in [3.8, 4) is 22.0 Å². The van der Waals surface area contributed by atoms with Crippen molar-refractivity contribution in [2.24, 2.45) is 0 Å². The van der Waals surface area contributed by atoms with E-state index in [9.17, 15) is 0 Å². The van der Waals surface area contributed by atoms with Crippen molar-refractivity contribution < 1.29 is 0 Å². The summed E-state index contributed by atoms with van der Waals surface area (Å²) in [6, 6.07) is 14.1. The van der Waals surface area contributed by atoms with E-state index in [2.05, 4.69) is 42.2 Å². The standard InChI is InChI=1S/C15H11Br2N3S/c1-18-15-12(17)13(9-5-3-2-4-6-9)19-14(20-15)10-7-8-11(16)21-10/h2-8H,1H3,(H,18,19,20). The Morgan fingerprint density at radius 2 is 1.76 bits per heavy atom. The van der Waals surface area contributed by atoms with Gasteiger partial charge in [-0.3, -0.25) is 0 Å². The summed E-state index contributed by atoms with van der Waals surface area (Å²) in [6.07, 6.45) is 0. The molecule has 2 aromatic heterocycles. The van der Waals surface area contributed by atoms with Crippen LogP contribution < -0.4 is 5.32 Å². The Balaban J connectivity index is 2.20. The van der Waals surface area contributed by atoms with Crippen LogP contribution in [-0.2, 0) is 0 Å². The molecule has 3 rings (SSSR count). The Kier molecular flexibility index (Phi) is 4.37. The number of benzene rings is 1. The lowest BCUT2D eigenvalue weighted by Crippen LogP contribution is -2.00. The average molecular weight is 425 g/mol. The molecule has 0 unspecified atom stereocenters. The Morgan fingerprint density at radius 1 is 1.00 bits per heavy atom. The highest BCUT2D eigenvalue weighted by molar-refractivity contribution is 9.11. The molecule has 3 nitrogen and oxygen atoms in total. The van der Waals surface area contributed by atoms with E-state index in [1.165, 1.54) is 0 Å². The fourth-order valence-electron chi connectivity index (χ4n) is 1.94. The predicted octanol–water partition coefficient (Wildman–Crippen LogP) is 5.44. The molecular formula is C15H11Br2N3S. The number of thiophene rings is 1. The molecule has 2 heterocycles. The molecule has 0 saturated heterocycles. The number of nitrogens with zero attached hydrogens (tertiary/aromatic N) is 2. The SMILES string of the molecule is CNc1nc(-c2ccc(Br)s2)nc(-c2ccccc2)c1Br. The minimum atomic E-state index is 0.720. The molecule has 0 aliphatic heterocycles. The highest BCUT2D eigenvalue weighted by Gasteiger charge is 2.15. The molecule has 0 amide bonds. The number of hydrogen-bond donors (Lipinski definition) is 1. The number of anilines is 1. The maximum atomic E-state index is 4.73. The number of halogens is 2. The van der Waals surface area contributed by atoms with Gasteiger partial charge in [-0.15, -0.1) is 11.3 Å². The fraction of sp³-hybridized carbons (Fsp3) is 0.0667. The quantitative estimate of drug-likeness (QED) is 0.608. The zero-order valence-corrected chi connectivity index (χ0v) is 15.1. The Labute approximate surface area is 143 Å².